The molecule has 39 heavy (non-hydrogen) atoms. The number of aryl methyl sites for hydroxylation is 1. The second-order valence-corrected chi connectivity index (χ2v) is 10.4. The van der Waals surface area contributed by atoms with Crippen molar-refractivity contribution in [2.75, 3.05) is 0 Å². The number of Topliss-reactive ketones (excluding diaryl/α,β-unsaturated/α-hetero) is 2. The van der Waals surface area contributed by atoms with E-state index in [1.165, 1.54) is 6.07 Å². The minimum absolute atomic E-state index is 0.0216. The number of aromatic hydroxyl groups is 2. The second kappa shape index (κ2) is 9.43. The highest BCUT2D eigenvalue weighted by Gasteiger charge is 2.59. The van der Waals surface area contributed by atoms with Gasteiger partial charge in [0, 0.05) is 17.9 Å². The van der Waals surface area contributed by atoms with Crippen LogP contribution in [0.15, 0.2) is 59.1 Å². The summed E-state index contributed by atoms with van der Waals surface area (Å²) in [7, 11) is 0. The fraction of sp³-hybridized carbons (Fsp3) is 0.300. The number of rotatable bonds is 5. The first-order valence-electron chi connectivity index (χ1n) is 12.8. The number of carbonyl (C=O) groups excluding carboxylic acids is 3. The number of phenolic OH excluding ortho intramolecular Hbond substituents is 2. The fourth-order valence-electron chi connectivity index (χ4n) is 6.17. The van der Waals surface area contributed by atoms with Crippen molar-refractivity contribution in [2.45, 2.75) is 44.6 Å². The first-order valence-corrected chi connectivity index (χ1v) is 12.8. The summed E-state index contributed by atoms with van der Waals surface area (Å²) in [4.78, 5) is 38.4. The van der Waals surface area contributed by atoms with E-state index < -0.39 is 52.0 Å². The van der Waals surface area contributed by atoms with Crippen LogP contribution in [-0.2, 0) is 28.9 Å². The molecule has 0 aliphatic heterocycles. The molecule has 0 saturated carbocycles. The van der Waals surface area contributed by atoms with Gasteiger partial charge in [-0.05, 0) is 66.0 Å². The Bertz CT molecular complexity index is 1530. The van der Waals surface area contributed by atoms with Gasteiger partial charge in [-0.25, -0.2) is 0 Å². The van der Waals surface area contributed by atoms with Crippen molar-refractivity contribution < 1.29 is 39.9 Å². The number of aliphatic hydroxyl groups excluding tert-OH is 2. The molecule has 0 radical (unpaired) electrons. The van der Waals surface area contributed by atoms with Gasteiger partial charge in [-0.15, -0.1) is 0 Å². The van der Waals surface area contributed by atoms with E-state index in [2.05, 4.69) is 0 Å². The molecule has 0 fully saturated rings. The number of carbonyl (C=O) groups is 3. The lowest BCUT2D eigenvalue weighted by Crippen LogP contribution is -2.57. The number of ketones is 2. The van der Waals surface area contributed by atoms with Crippen molar-refractivity contribution in [1.82, 2.24) is 0 Å². The lowest BCUT2D eigenvalue weighted by molar-refractivity contribution is -0.144. The molecule has 5 rings (SSSR count). The van der Waals surface area contributed by atoms with Gasteiger partial charge < -0.3 is 31.3 Å². The molecule has 0 heterocycles. The van der Waals surface area contributed by atoms with Crippen molar-refractivity contribution in [3.63, 3.8) is 0 Å². The molecule has 202 valence electrons. The summed E-state index contributed by atoms with van der Waals surface area (Å²) < 4.78 is 0. The monoisotopic (exact) mass is 531 g/mol. The van der Waals surface area contributed by atoms with Crippen LogP contribution in [0.2, 0.25) is 0 Å². The smallest absolute Gasteiger partial charge is 0.255 e. The van der Waals surface area contributed by atoms with Crippen molar-refractivity contribution >= 4 is 23.5 Å². The van der Waals surface area contributed by atoms with Gasteiger partial charge in [-0.3, -0.25) is 14.4 Å². The van der Waals surface area contributed by atoms with E-state index in [9.17, 15) is 39.9 Å². The number of phenols is 2. The van der Waals surface area contributed by atoms with Crippen LogP contribution >= 0.6 is 0 Å². The Kier molecular flexibility index (Phi) is 6.34. The van der Waals surface area contributed by atoms with Gasteiger partial charge in [-0.2, -0.15) is 0 Å². The van der Waals surface area contributed by atoms with Crippen molar-refractivity contribution in [1.29, 1.82) is 0 Å². The van der Waals surface area contributed by atoms with Crippen molar-refractivity contribution in [3.8, 4) is 11.5 Å². The average molecular weight is 532 g/mol. The van der Waals surface area contributed by atoms with Crippen molar-refractivity contribution in [2.24, 2.45) is 17.6 Å². The Morgan fingerprint density at radius 2 is 1.79 bits per heavy atom. The molecule has 9 heteroatoms. The number of hydrogen-bond donors (Lipinski definition) is 6. The lowest BCUT2D eigenvalue weighted by atomic mass is 9.60. The van der Waals surface area contributed by atoms with Crippen LogP contribution < -0.4 is 5.73 Å². The van der Waals surface area contributed by atoms with E-state index in [4.69, 9.17) is 5.73 Å². The topological polar surface area (TPSA) is 178 Å². The highest BCUT2D eigenvalue weighted by atomic mass is 16.3. The molecule has 0 unspecified atom stereocenters. The van der Waals surface area contributed by atoms with Gasteiger partial charge >= 0.3 is 0 Å². The first kappa shape index (κ1) is 26.2. The number of amides is 1. The molecule has 0 saturated heterocycles. The Hall–Kier alpha value is -4.37. The van der Waals surface area contributed by atoms with Crippen LogP contribution in [0.3, 0.4) is 0 Å². The van der Waals surface area contributed by atoms with E-state index in [1.807, 2.05) is 31.2 Å². The van der Waals surface area contributed by atoms with Gasteiger partial charge in [0.2, 0.25) is 5.78 Å². The summed E-state index contributed by atoms with van der Waals surface area (Å²) in [6, 6.07) is 8.48. The van der Waals surface area contributed by atoms with Gasteiger partial charge in [0.1, 0.15) is 28.6 Å². The Labute approximate surface area is 224 Å². The minimum atomic E-state index is -2.58. The van der Waals surface area contributed by atoms with E-state index in [1.54, 1.807) is 12.1 Å². The molecule has 0 spiro atoms. The van der Waals surface area contributed by atoms with E-state index >= 15 is 0 Å². The first-order chi connectivity index (χ1) is 18.5. The maximum atomic E-state index is 13.6. The molecule has 2 aromatic carbocycles. The maximum absolute atomic E-state index is 13.6. The normalized spacial score (nSPS) is 24.6. The van der Waals surface area contributed by atoms with Crippen LogP contribution in [0.25, 0.3) is 6.08 Å². The van der Waals surface area contributed by atoms with E-state index in [-0.39, 0.29) is 41.9 Å². The Morgan fingerprint density at radius 1 is 1.08 bits per heavy atom. The third kappa shape index (κ3) is 4.01. The van der Waals surface area contributed by atoms with Gasteiger partial charge in [-0.1, -0.05) is 37.3 Å². The summed E-state index contributed by atoms with van der Waals surface area (Å²) in [6.07, 6.45) is 5.07. The number of allylic oxidation sites excluding steroid dienone is 3. The summed E-state index contributed by atoms with van der Waals surface area (Å²) in [5.41, 5.74) is 4.75. The SMILES string of the molecule is CCc1cc(C/C=C\c2ccc(O)c3c2C[C@H]2C[C@H]4CC(O)=C(C(N)=O)C(=O)[C@@]4(O)C(O)=C2C3=O)ccc1O. The van der Waals surface area contributed by atoms with E-state index in [0.29, 0.717) is 24.0 Å². The zero-order chi connectivity index (χ0) is 28.2. The minimum Gasteiger partial charge on any atom is -0.511 e. The molecule has 2 aromatic rings. The summed E-state index contributed by atoms with van der Waals surface area (Å²) >= 11 is 0. The summed E-state index contributed by atoms with van der Waals surface area (Å²) in [6.45, 7) is 1.96. The number of fused-ring (bicyclic) bond motifs is 3. The number of primary amides is 1. The van der Waals surface area contributed by atoms with Crippen LogP contribution in [0.5, 0.6) is 11.5 Å². The van der Waals surface area contributed by atoms with Gasteiger partial charge in [0.05, 0.1) is 5.56 Å². The summed E-state index contributed by atoms with van der Waals surface area (Å²) in [5, 5.41) is 53.3. The van der Waals surface area contributed by atoms with Crippen LogP contribution in [0, 0.1) is 11.8 Å². The predicted octanol–water partition coefficient (Wildman–Crippen LogP) is 3.10. The molecule has 0 aromatic heterocycles. The predicted molar refractivity (Wildman–Crippen MR) is 141 cm³/mol. The van der Waals surface area contributed by atoms with Crippen LogP contribution in [0.1, 0.15) is 52.4 Å². The largest absolute Gasteiger partial charge is 0.511 e. The van der Waals surface area contributed by atoms with Crippen molar-refractivity contribution in [3.05, 3.63) is 86.9 Å². The fourth-order valence-corrected chi connectivity index (χ4v) is 6.17. The van der Waals surface area contributed by atoms with Crippen LogP contribution in [-0.4, -0.2) is 48.6 Å². The number of benzene rings is 2. The summed E-state index contributed by atoms with van der Waals surface area (Å²) in [5.74, 6) is -6.23. The molecule has 7 N–H and O–H groups in total. The van der Waals surface area contributed by atoms with E-state index in [0.717, 1.165) is 11.1 Å². The zero-order valence-electron chi connectivity index (χ0n) is 21.3. The molecular formula is C30H29NO8. The molecular weight excluding hydrogens is 502 g/mol. The number of hydrogen-bond acceptors (Lipinski definition) is 8. The molecule has 9 nitrogen and oxygen atoms in total. The zero-order valence-corrected chi connectivity index (χ0v) is 21.3. The molecule has 3 aliphatic rings. The Morgan fingerprint density at radius 3 is 2.49 bits per heavy atom. The van der Waals surface area contributed by atoms with Gasteiger partial charge in [0.15, 0.2) is 11.4 Å². The highest BCUT2D eigenvalue weighted by Crippen LogP contribution is 2.51. The highest BCUT2D eigenvalue weighted by molar-refractivity contribution is 6.24. The lowest BCUT2D eigenvalue weighted by Gasteiger charge is -2.45. The average Bonchev–Trinajstić information content (AvgIpc) is 2.88. The Balaban J connectivity index is 1.52. The maximum Gasteiger partial charge on any atom is 0.255 e. The number of aliphatic hydroxyl groups is 3. The molecule has 3 atom stereocenters. The standard InChI is InChI=1S/C30H29NO8/c1-2-15-10-14(6-8-20(15)32)4-3-5-16-7-9-21(33)24-19(16)12-17-11-18-13-22(34)25(29(31)38)28(37)30(18,39)27(36)23(17)26(24)35/h3,5-10,17-18,32-34,36,39H,2,4,11-13H2,1H3,(H2,31,38)/b5-3-/t17-,18+,30+/m1/s1. The molecule has 3 aliphatic carbocycles. The number of nitrogens with two attached hydrogens (primary N) is 1. The van der Waals surface area contributed by atoms with Gasteiger partial charge in [0.25, 0.3) is 5.91 Å². The molecule has 0 bridgehead atoms. The quantitative estimate of drug-likeness (QED) is 0.319. The third-order valence-corrected chi connectivity index (χ3v) is 8.16. The van der Waals surface area contributed by atoms with Crippen LogP contribution in [0.4, 0.5) is 0 Å². The second-order valence-electron chi connectivity index (χ2n) is 10.4. The molecule has 1 amide bonds. The third-order valence-electron chi connectivity index (χ3n) is 8.16.